The highest BCUT2D eigenvalue weighted by molar-refractivity contribution is 7.13. The number of nitrogens with zero attached hydrogens (tertiary/aromatic N) is 3. The van der Waals surface area contributed by atoms with Gasteiger partial charge in [0.25, 0.3) is 0 Å². The van der Waals surface area contributed by atoms with Crippen LogP contribution in [0.5, 0.6) is 5.75 Å². The van der Waals surface area contributed by atoms with Crippen LogP contribution in [0.4, 0.5) is 0 Å². The molecule has 0 bridgehead atoms. The molecule has 140 valence electrons. The second-order valence-corrected chi connectivity index (χ2v) is 7.63. The molecule has 3 heterocycles. The molecule has 0 spiro atoms. The zero-order valence-corrected chi connectivity index (χ0v) is 16.6. The fourth-order valence-electron chi connectivity index (χ4n) is 3.26. The summed E-state index contributed by atoms with van der Waals surface area (Å²) in [5.41, 5.74) is 5.55. The highest BCUT2D eigenvalue weighted by atomic mass is 32.1. The van der Waals surface area contributed by atoms with E-state index in [1.807, 2.05) is 12.1 Å². The van der Waals surface area contributed by atoms with Crippen LogP contribution in [0.2, 0.25) is 0 Å². The van der Waals surface area contributed by atoms with Gasteiger partial charge in [0.2, 0.25) is 0 Å². The Morgan fingerprint density at radius 3 is 2.70 bits per heavy atom. The summed E-state index contributed by atoms with van der Waals surface area (Å²) in [5.74, 6) is 0.862. The number of hydrogen-bond acceptors (Lipinski definition) is 5. The highest BCUT2D eigenvalue weighted by Gasteiger charge is 2.30. The van der Waals surface area contributed by atoms with E-state index in [2.05, 4.69) is 64.6 Å². The predicted molar refractivity (Wildman–Crippen MR) is 110 cm³/mol. The average Bonchev–Trinajstić information content (AvgIpc) is 3.35. The number of rotatable bonds is 7. The Balaban J connectivity index is 1.63. The van der Waals surface area contributed by atoms with Crippen molar-refractivity contribution >= 4 is 17.0 Å². The first-order chi connectivity index (χ1) is 13.2. The zero-order chi connectivity index (χ0) is 18.8. The van der Waals surface area contributed by atoms with Crippen molar-refractivity contribution in [3.63, 3.8) is 0 Å². The maximum absolute atomic E-state index is 5.63. The van der Waals surface area contributed by atoms with Gasteiger partial charge < -0.3 is 19.0 Å². The maximum Gasteiger partial charge on any atom is 0.146 e. The average molecular weight is 382 g/mol. The van der Waals surface area contributed by atoms with Gasteiger partial charge in [0.1, 0.15) is 18.1 Å². The molecule has 0 N–H and O–H groups in total. The summed E-state index contributed by atoms with van der Waals surface area (Å²) in [5, 5.41) is 6.67. The van der Waals surface area contributed by atoms with Gasteiger partial charge in [-0.15, -0.1) is 11.3 Å². The lowest BCUT2D eigenvalue weighted by Crippen LogP contribution is -2.14. The molecule has 0 saturated heterocycles. The lowest BCUT2D eigenvalue weighted by molar-refractivity contribution is 0.135. The van der Waals surface area contributed by atoms with E-state index < -0.39 is 0 Å². The number of ether oxygens (including phenoxy) is 1. The maximum atomic E-state index is 5.63. The second-order valence-electron chi connectivity index (χ2n) is 6.75. The summed E-state index contributed by atoms with van der Waals surface area (Å²) >= 11 is 1.71. The number of benzene rings is 1. The summed E-state index contributed by atoms with van der Waals surface area (Å²) < 4.78 is 7.48. The monoisotopic (exact) mass is 381 g/mol. The Labute approximate surface area is 163 Å². The standard InChI is InChI=1S/C21H23N3O2S/c1-23(2)11-5-13-26-22-19-18-6-4-12-24(18)20-17(14-27-21(19)20)15-7-9-16(25-3)10-8-15/h4,6-10,12,14H,5,11,13H2,1-3H3/b22-19+. The van der Waals surface area contributed by atoms with Crippen molar-refractivity contribution in [3.8, 4) is 22.6 Å². The Kier molecular flexibility index (Phi) is 5.01. The fourth-order valence-corrected chi connectivity index (χ4v) is 4.32. The van der Waals surface area contributed by atoms with Crippen molar-refractivity contribution in [2.24, 2.45) is 5.16 Å². The van der Waals surface area contributed by atoms with E-state index in [-0.39, 0.29) is 0 Å². The molecule has 4 rings (SSSR count). The molecule has 6 heteroatoms. The molecule has 1 aliphatic heterocycles. The SMILES string of the molecule is COc1ccc(-c2csc3c2-n2cccc2/C3=N\OCCCN(C)C)cc1. The molecule has 2 aromatic heterocycles. The largest absolute Gasteiger partial charge is 0.497 e. The highest BCUT2D eigenvalue weighted by Crippen LogP contribution is 2.41. The first kappa shape index (κ1) is 17.8. The Bertz CT molecular complexity index is 954. The van der Waals surface area contributed by atoms with Crippen LogP contribution in [-0.2, 0) is 4.84 Å². The topological polar surface area (TPSA) is 39.0 Å². The molecule has 1 aliphatic rings. The third-order valence-corrected chi connectivity index (χ3v) is 5.59. The normalized spacial score (nSPS) is 13.9. The van der Waals surface area contributed by atoms with Crippen LogP contribution >= 0.6 is 11.3 Å². The van der Waals surface area contributed by atoms with Crippen molar-refractivity contribution in [3.05, 3.63) is 58.5 Å². The molecule has 0 radical (unpaired) electrons. The second kappa shape index (κ2) is 7.58. The van der Waals surface area contributed by atoms with E-state index in [0.717, 1.165) is 35.0 Å². The van der Waals surface area contributed by atoms with Crippen LogP contribution < -0.4 is 4.74 Å². The predicted octanol–water partition coefficient (Wildman–Crippen LogP) is 4.25. The van der Waals surface area contributed by atoms with Crippen LogP contribution in [-0.4, -0.2) is 49.5 Å². The third-order valence-electron chi connectivity index (χ3n) is 4.61. The Morgan fingerprint density at radius 1 is 1.15 bits per heavy atom. The summed E-state index contributed by atoms with van der Waals surface area (Å²) in [6.45, 7) is 1.61. The van der Waals surface area contributed by atoms with E-state index in [1.165, 1.54) is 16.8 Å². The van der Waals surface area contributed by atoms with Gasteiger partial charge in [-0.05, 0) is 50.3 Å². The van der Waals surface area contributed by atoms with E-state index in [9.17, 15) is 0 Å². The van der Waals surface area contributed by atoms with Gasteiger partial charge in [-0.2, -0.15) is 0 Å². The van der Waals surface area contributed by atoms with E-state index in [0.29, 0.717) is 6.61 Å². The number of methoxy groups -OCH3 is 1. The van der Waals surface area contributed by atoms with Gasteiger partial charge in [0.15, 0.2) is 0 Å². The minimum absolute atomic E-state index is 0.619. The molecule has 3 aromatic rings. The van der Waals surface area contributed by atoms with E-state index in [4.69, 9.17) is 9.57 Å². The lowest BCUT2D eigenvalue weighted by Gasteiger charge is -2.07. The molecule has 27 heavy (non-hydrogen) atoms. The van der Waals surface area contributed by atoms with Gasteiger partial charge in [-0.25, -0.2) is 0 Å². The van der Waals surface area contributed by atoms with Crippen molar-refractivity contribution in [1.82, 2.24) is 9.47 Å². The Hall–Kier alpha value is -2.57. The van der Waals surface area contributed by atoms with Crippen LogP contribution in [0, 0.1) is 0 Å². The van der Waals surface area contributed by atoms with E-state index in [1.54, 1.807) is 18.4 Å². The number of hydrogen-bond donors (Lipinski definition) is 0. The molecule has 1 aromatic carbocycles. The summed E-state index contributed by atoms with van der Waals surface area (Å²) in [4.78, 5) is 8.94. The number of thiophene rings is 1. The summed E-state index contributed by atoms with van der Waals surface area (Å²) in [6, 6.07) is 12.3. The van der Waals surface area contributed by atoms with Crippen molar-refractivity contribution in [1.29, 1.82) is 0 Å². The zero-order valence-electron chi connectivity index (χ0n) is 15.8. The molecule has 0 amide bonds. The summed E-state index contributed by atoms with van der Waals surface area (Å²) in [7, 11) is 5.81. The molecular weight excluding hydrogens is 358 g/mol. The van der Waals surface area contributed by atoms with Crippen LogP contribution in [0.3, 0.4) is 0 Å². The smallest absolute Gasteiger partial charge is 0.146 e. The third kappa shape index (κ3) is 3.38. The summed E-state index contributed by atoms with van der Waals surface area (Å²) in [6.07, 6.45) is 3.04. The van der Waals surface area contributed by atoms with Gasteiger partial charge in [0.05, 0.1) is 23.4 Å². The van der Waals surface area contributed by atoms with Gasteiger partial charge >= 0.3 is 0 Å². The van der Waals surface area contributed by atoms with Gasteiger partial charge in [-0.1, -0.05) is 17.3 Å². The number of oxime groups is 1. The van der Waals surface area contributed by atoms with Crippen molar-refractivity contribution in [2.75, 3.05) is 34.4 Å². The lowest BCUT2D eigenvalue weighted by atomic mass is 10.1. The molecule has 0 saturated carbocycles. The minimum Gasteiger partial charge on any atom is -0.497 e. The van der Waals surface area contributed by atoms with Crippen molar-refractivity contribution in [2.45, 2.75) is 6.42 Å². The number of fused-ring (bicyclic) bond motifs is 3. The molecular formula is C21H23N3O2S. The van der Waals surface area contributed by atoms with E-state index >= 15 is 0 Å². The van der Waals surface area contributed by atoms with Gasteiger partial charge in [0, 0.05) is 23.7 Å². The van der Waals surface area contributed by atoms with Crippen molar-refractivity contribution < 1.29 is 9.57 Å². The van der Waals surface area contributed by atoms with Crippen LogP contribution in [0.25, 0.3) is 16.8 Å². The molecule has 0 unspecified atom stereocenters. The number of aromatic nitrogens is 1. The first-order valence-corrected chi connectivity index (χ1v) is 9.86. The molecule has 0 atom stereocenters. The van der Waals surface area contributed by atoms with Crippen LogP contribution in [0.15, 0.2) is 53.1 Å². The quantitative estimate of drug-likeness (QED) is 0.355. The molecule has 0 aliphatic carbocycles. The Morgan fingerprint density at radius 2 is 1.96 bits per heavy atom. The minimum atomic E-state index is 0.619. The van der Waals surface area contributed by atoms with Crippen LogP contribution in [0.1, 0.15) is 17.0 Å². The molecule has 5 nitrogen and oxygen atoms in total. The van der Waals surface area contributed by atoms with Gasteiger partial charge in [-0.3, -0.25) is 0 Å². The molecule has 0 fully saturated rings. The first-order valence-electron chi connectivity index (χ1n) is 8.98. The fraction of sp³-hybridized carbons (Fsp3) is 0.286.